The molecule has 0 amide bonds. The highest BCUT2D eigenvalue weighted by Crippen LogP contribution is 2.14. The molecule has 0 N–H and O–H groups in total. The van der Waals surface area contributed by atoms with E-state index in [0.717, 1.165) is 19.4 Å². The monoisotopic (exact) mass is 187 g/mol. The van der Waals surface area contributed by atoms with Crippen molar-refractivity contribution in [2.24, 2.45) is 4.99 Å². The molecule has 0 spiro atoms. The highest BCUT2D eigenvalue weighted by atomic mass is 14.7. The van der Waals surface area contributed by atoms with Gasteiger partial charge < -0.3 is 0 Å². The average Bonchev–Trinajstić information content (AvgIpc) is 2.30. The fraction of sp³-hybridized carbons (Fsp3) is 0.462. The van der Waals surface area contributed by atoms with Gasteiger partial charge in [-0.15, -0.1) is 0 Å². The number of aliphatic imine (C=N–C) groups is 1. The molecule has 1 heteroatoms. The molecule has 0 bridgehead atoms. The summed E-state index contributed by atoms with van der Waals surface area (Å²) < 4.78 is 0. The molecular formula is C13H17N. The molecule has 0 saturated heterocycles. The summed E-state index contributed by atoms with van der Waals surface area (Å²) >= 11 is 0. The van der Waals surface area contributed by atoms with Crippen LogP contribution in [0.4, 0.5) is 0 Å². The van der Waals surface area contributed by atoms with Crippen molar-refractivity contribution in [2.45, 2.75) is 32.6 Å². The molecular weight excluding hydrogens is 170 g/mol. The molecule has 0 unspecified atom stereocenters. The number of hydrogen-bond acceptors (Lipinski definition) is 1. The van der Waals surface area contributed by atoms with Crippen LogP contribution in [0.15, 0.2) is 29.3 Å². The van der Waals surface area contributed by atoms with E-state index in [4.69, 9.17) is 0 Å². The first kappa shape index (κ1) is 9.45. The van der Waals surface area contributed by atoms with E-state index in [-0.39, 0.29) is 0 Å². The Kier molecular flexibility index (Phi) is 2.97. The predicted octanol–water partition coefficient (Wildman–Crippen LogP) is 3.22. The maximum absolute atomic E-state index is 4.57. The fourth-order valence-electron chi connectivity index (χ4n) is 1.87. The van der Waals surface area contributed by atoms with Gasteiger partial charge in [-0.3, -0.25) is 4.99 Å². The van der Waals surface area contributed by atoms with Crippen molar-refractivity contribution in [3.63, 3.8) is 0 Å². The summed E-state index contributed by atoms with van der Waals surface area (Å²) in [6.07, 6.45) is 4.84. The highest BCUT2D eigenvalue weighted by Gasteiger charge is 2.06. The van der Waals surface area contributed by atoms with Crippen LogP contribution in [-0.4, -0.2) is 12.3 Å². The summed E-state index contributed by atoms with van der Waals surface area (Å²) in [6.45, 7) is 3.21. The zero-order valence-electron chi connectivity index (χ0n) is 8.79. The van der Waals surface area contributed by atoms with Gasteiger partial charge in [0, 0.05) is 12.3 Å². The largest absolute Gasteiger partial charge is 0.289 e. The fourth-order valence-corrected chi connectivity index (χ4v) is 1.87. The number of hydrogen-bond donors (Lipinski definition) is 0. The Morgan fingerprint density at radius 3 is 2.50 bits per heavy atom. The van der Waals surface area contributed by atoms with E-state index < -0.39 is 0 Å². The van der Waals surface area contributed by atoms with Crippen molar-refractivity contribution in [1.82, 2.24) is 0 Å². The summed E-state index contributed by atoms with van der Waals surface area (Å²) in [5, 5.41) is 0. The molecule has 1 aromatic carbocycles. The molecule has 74 valence electrons. The molecule has 1 nitrogen and oxygen atoms in total. The minimum atomic E-state index is 1.02. The van der Waals surface area contributed by atoms with E-state index in [2.05, 4.69) is 36.2 Å². The summed E-state index contributed by atoms with van der Waals surface area (Å²) in [4.78, 5) is 4.57. The Morgan fingerprint density at radius 2 is 1.93 bits per heavy atom. The third kappa shape index (κ3) is 2.03. The van der Waals surface area contributed by atoms with Crippen LogP contribution in [-0.2, 0) is 6.42 Å². The molecule has 0 aliphatic carbocycles. The lowest BCUT2D eigenvalue weighted by molar-refractivity contribution is 0.738. The second-order valence-corrected chi connectivity index (χ2v) is 3.84. The van der Waals surface area contributed by atoms with E-state index in [1.165, 1.54) is 29.7 Å². The van der Waals surface area contributed by atoms with Gasteiger partial charge in [-0.1, -0.05) is 31.2 Å². The lowest BCUT2D eigenvalue weighted by Gasteiger charge is -2.11. The Labute approximate surface area is 85.9 Å². The summed E-state index contributed by atoms with van der Waals surface area (Å²) in [5.74, 6) is 0. The Balaban J connectivity index is 2.19. The number of nitrogens with zero attached hydrogens (tertiary/aromatic N) is 1. The Hall–Kier alpha value is -1.11. The van der Waals surface area contributed by atoms with Crippen molar-refractivity contribution >= 4 is 5.71 Å². The first-order valence-corrected chi connectivity index (χ1v) is 5.53. The van der Waals surface area contributed by atoms with Gasteiger partial charge in [-0.2, -0.15) is 0 Å². The zero-order chi connectivity index (χ0) is 9.80. The van der Waals surface area contributed by atoms with E-state index in [9.17, 15) is 0 Å². The van der Waals surface area contributed by atoms with Crippen LogP contribution in [0.25, 0.3) is 0 Å². The number of rotatable bonds is 2. The van der Waals surface area contributed by atoms with Crippen LogP contribution in [0.3, 0.4) is 0 Å². The topological polar surface area (TPSA) is 12.4 Å². The minimum absolute atomic E-state index is 1.02. The van der Waals surface area contributed by atoms with Crippen LogP contribution in [0.1, 0.15) is 37.3 Å². The molecule has 0 radical (unpaired) electrons. The number of benzene rings is 1. The van der Waals surface area contributed by atoms with Gasteiger partial charge in [0.25, 0.3) is 0 Å². The standard InChI is InChI=1S/C13H17N/c1-2-11-6-8-12(9-7-11)13-5-3-4-10-14-13/h6-9H,2-5,10H2,1H3. The van der Waals surface area contributed by atoms with E-state index in [1.54, 1.807) is 0 Å². The molecule has 1 heterocycles. The number of aryl methyl sites for hydroxylation is 1. The van der Waals surface area contributed by atoms with Gasteiger partial charge in [0.05, 0.1) is 0 Å². The summed E-state index contributed by atoms with van der Waals surface area (Å²) in [5.41, 5.74) is 4.03. The van der Waals surface area contributed by atoms with Crippen molar-refractivity contribution in [2.75, 3.05) is 6.54 Å². The van der Waals surface area contributed by atoms with Crippen molar-refractivity contribution in [1.29, 1.82) is 0 Å². The normalized spacial score (nSPS) is 16.5. The third-order valence-corrected chi connectivity index (χ3v) is 2.82. The van der Waals surface area contributed by atoms with Crippen LogP contribution < -0.4 is 0 Å². The van der Waals surface area contributed by atoms with Gasteiger partial charge in [-0.25, -0.2) is 0 Å². The average molecular weight is 187 g/mol. The molecule has 0 saturated carbocycles. The molecule has 14 heavy (non-hydrogen) atoms. The first-order chi connectivity index (χ1) is 6.90. The van der Waals surface area contributed by atoms with Crippen molar-refractivity contribution in [3.05, 3.63) is 35.4 Å². The minimum Gasteiger partial charge on any atom is -0.289 e. The molecule has 0 fully saturated rings. The molecule has 1 aromatic rings. The van der Waals surface area contributed by atoms with Gasteiger partial charge >= 0.3 is 0 Å². The lowest BCUT2D eigenvalue weighted by atomic mass is 10.0. The van der Waals surface area contributed by atoms with Gasteiger partial charge in [-0.05, 0) is 36.8 Å². The van der Waals surface area contributed by atoms with Crippen molar-refractivity contribution in [3.8, 4) is 0 Å². The first-order valence-electron chi connectivity index (χ1n) is 5.53. The van der Waals surface area contributed by atoms with Gasteiger partial charge in [0.15, 0.2) is 0 Å². The second-order valence-electron chi connectivity index (χ2n) is 3.84. The zero-order valence-corrected chi connectivity index (χ0v) is 8.79. The van der Waals surface area contributed by atoms with E-state index in [1.807, 2.05) is 0 Å². The van der Waals surface area contributed by atoms with Crippen LogP contribution in [0.5, 0.6) is 0 Å². The van der Waals surface area contributed by atoms with Gasteiger partial charge in [0.2, 0.25) is 0 Å². The molecule has 0 aromatic heterocycles. The SMILES string of the molecule is CCc1ccc(C2=NCCCC2)cc1. The lowest BCUT2D eigenvalue weighted by Crippen LogP contribution is -2.07. The van der Waals surface area contributed by atoms with Crippen LogP contribution in [0, 0.1) is 0 Å². The quantitative estimate of drug-likeness (QED) is 0.674. The second kappa shape index (κ2) is 4.41. The highest BCUT2D eigenvalue weighted by molar-refractivity contribution is 6.00. The smallest absolute Gasteiger partial charge is 0.0420 e. The Morgan fingerprint density at radius 1 is 1.14 bits per heavy atom. The van der Waals surface area contributed by atoms with Crippen molar-refractivity contribution < 1.29 is 0 Å². The molecule has 1 aliphatic heterocycles. The van der Waals surface area contributed by atoms with Crippen LogP contribution in [0.2, 0.25) is 0 Å². The summed E-state index contributed by atoms with van der Waals surface area (Å²) in [6, 6.07) is 8.85. The maximum Gasteiger partial charge on any atom is 0.0420 e. The molecule has 0 atom stereocenters. The molecule has 1 aliphatic rings. The molecule has 2 rings (SSSR count). The van der Waals surface area contributed by atoms with E-state index >= 15 is 0 Å². The maximum atomic E-state index is 4.57. The van der Waals surface area contributed by atoms with Crippen LogP contribution >= 0.6 is 0 Å². The Bertz CT molecular complexity index is 322. The third-order valence-electron chi connectivity index (χ3n) is 2.82. The summed E-state index contributed by atoms with van der Waals surface area (Å²) in [7, 11) is 0. The van der Waals surface area contributed by atoms with E-state index in [0.29, 0.717) is 0 Å². The van der Waals surface area contributed by atoms with Gasteiger partial charge in [0.1, 0.15) is 0 Å². The predicted molar refractivity (Wildman–Crippen MR) is 61.1 cm³/mol.